The number of urea groups is 1. The standard InChI is InChI=1S/C31H35F3N2O6/c1-2-41-28(29(37)38)21-23-13-15-25(16-14-23)42-20-18-36(17-8-19-40-22-24-9-4-3-5-10-24)30(39)35-27-12-7-6-11-26(27)31(32,33)34/h3-7,9-16,28H,2,8,17-22H2,1H3,(H,35,39)(H,37,38). The molecule has 0 aromatic heterocycles. The van der Waals surface area contributed by atoms with E-state index in [0.29, 0.717) is 25.4 Å². The minimum atomic E-state index is -4.62. The Kier molecular flexibility index (Phi) is 12.6. The third-order valence-corrected chi connectivity index (χ3v) is 6.21. The third kappa shape index (κ3) is 10.7. The lowest BCUT2D eigenvalue weighted by atomic mass is 10.1. The predicted octanol–water partition coefficient (Wildman–Crippen LogP) is 6.26. The molecule has 0 heterocycles. The molecule has 11 heteroatoms. The summed E-state index contributed by atoms with van der Waals surface area (Å²) in [7, 11) is 0. The summed E-state index contributed by atoms with van der Waals surface area (Å²) in [5.41, 5.74) is 0.494. The van der Waals surface area contributed by atoms with Crippen molar-refractivity contribution in [3.05, 3.63) is 95.6 Å². The fraction of sp³-hybridized carbons (Fsp3) is 0.355. The molecule has 1 atom stereocenters. The average molecular weight is 589 g/mol. The van der Waals surface area contributed by atoms with E-state index in [9.17, 15) is 27.9 Å². The number of carbonyl (C=O) groups excluding carboxylic acids is 1. The van der Waals surface area contributed by atoms with Gasteiger partial charge >= 0.3 is 18.2 Å². The third-order valence-electron chi connectivity index (χ3n) is 6.21. The molecule has 0 saturated carbocycles. The molecule has 0 saturated heterocycles. The number of alkyl halides is 3. The molecule has 0 fully saturated rings. The van der Waals surface area contributed by atoms with Crippen molar-refractivity contribution in [2.75, 3.05) is 38.2 Å². The molecule has 0 spiro atoms. The summed E-state index contributed by atoms with van der Waals surface area (Å²) in [5.74, 6) is -0.546. The summed E-state index contributed by atoms with van der Waals surface area (Å²) in [6, 6.07) is 20.5. The Balaban J connectivity index is 1.58. The van der Waals surface area contributed by atoms with Gasteiger partial charge in [-0.3, -0.25) is 0 Å². The maximum Gasteiger partial charge on any atom is 0.418 e. The number of aliphatic carboxylic acids is 1. The number of hydrogen-bond donors (Lipinski definition) is 2. The van der Waals surface area contributed by atoms with Crippen molar-refractivity contribution in [2.24, 2.45) is 0 Å². The van der Waals surface area contributed by atoms with Crippen LogP contribution in [0.5, 0.6) is 5.75 Å². The Labute approximate surface area is 243 Å². The molecule has 2 N–H and O–H groups in total. The van der Waals surface area contributed by atoms with Crippen LogP contribution in [0, 0.1) is 0 Å². The van der Waals surface area contributed by atoms with Gasteiger partial charge in [0.15, 0.2) is 6.10 Å². The van der Waals surface area contributed by atoms with Crippen LogP contribution in [0.4, 0.5) is 23.7 Å². The van der Waals surface area contributed by atoms with Gasteiger partial charge in [0.05, 0.1) is 24.4 Å². The summed E-state index contributed by atoms with van der Waals surface area (Å²) < 4.78 is 57.1. The average Bonchev–Trinajstić information content (AvgIpc) is 2.97. The molecule has 3 rings (SSSR count). The maximum atomic E-state index is 13.5. The van der Waals surface area contributed by atoms with E-state index < -0.39 is 29.8 Å². The fourth-order valence-corrected chi connectivity index (χ4v) is 4.10. The van der Waals surface area contributed by atoms with E-state index in [4.69, 9.17) is 14.2 Å². The topological polar surface area (TPSA) is 97.3 Å². The SMILES string of the molecule is CCOC(Cc1ccc(OCCN(CCCOCc2ccccc2)C(=O)Nc2ccccc2C(F)(F)F)cc1)C(=O)O. The minimum absolute atomic E-state index is 0.0786. The van der Waals surface area contributed by atoms with Gasteiger partial charge in [0, 0.05) is 26.2 Å². The zero-order valence-corrected chi connectivity index (χ0v) is 23.3. The number of para-hydroxylation sites is 1. The van der Waals surface area contributed by atoms with Crippen LogP contribution in [0.1, 0.15) is 30.0 Å². The first-order chi connectivity index (χ1) is 20.2. The Hall–Kier alpha value is -4.09. The predicted molar refractivity (Wildman–Crippen MR) is 151 cm³/mol. The zero-order chi connectivity index (χ0) is 30.4. The molecule has 1 unspecified atom stereocenters. The van der Waals surface area contributed by atoms with Crippen molar-refractivity contribution in [3.8, 4) is 5.75 Å². The number of benzene rings is 3. The largest absolute Gasteiger partial charge is 0.492 e. The van der Waals surface area contributed by atoms with Crippen LogP contribution >= 0.6 is 0 Å². The van der Waals surface area contributed by atoms with Crippen molar-refractivity contribution < 1.29 is 42.1 Å². The van der Waals surface area contributed by atoms with E-state index in [2.05, 4.69) is 5.32 Å². The monoisotopic (exact) mass is 588 g/mol. The number of carbonyl (C=O) groups is 2. The second kappa shape index (κ2) is 16.4. The molecule has 3 aromatic carbocycles. The van der Waals surface area contributed by atoms with Gasteiger partial charge < -0.3 is 29.5 Å². The van der Waals surface area contributed by atoms with Crippen LogP contribution < -0.4 is 10.1 Å². The number of carboxylic acid groups (broad SMARTS) is 1. The maximum absolute atomic E-state index is 13.5. The van der Waals surface area contributed by atoms with E-state index in [1.54, 1.807) is 31.2 Å². The van der Waals surface area contributed by atoms with Gasteiger partial charge in [-0.2, -0.15) is 13.2 Å². The highest BCUT2D eigenvalue weighted by Crippen LogP contribution is 2.34. The lowest BCUT2D eigenvalue weighted by Gasteiger charge is -2.24. The van der Waals surface area contributed by atoms with Crippen LogP contribution in [-0.4, -0.2) is 61.0 Å². The van der Waals surface area contributed by atoms with Crippen molar-refractivity contribution in [3.63, 3.8) is 0 Å². The Morgan fingerprint density at radius 2 is 1.60 bits per heavy atom. The Morgan fingerprint density at radius 1 is 0.905 bits per heavy atom. The first-order valence-electron chi connectivity index (χ1n) is 13.6. The number of ether oxygens (including phenoxy) is 3. The number of amides is 2. The van der Waals surface area contributed by atoms with Gasteiger partial charge in [-0.1, -0.05) is 54.6 Å². The summed E-state index contributed by atoms with van der Waals surface area (Å²) in [4.78, 5) is 25.8. The number of nitrogens with zero attached hydrogens (tertiary/aromatic N) is 1. The van der Waals surface area contributed by atoms with E-state index in [1.807, 2.05) is 30.3 Å². The summed E-state index contributed by atoms with van der Waals surface area (Å²) in [6.07, 6.45) is -4.92. The Bertz CT molecular complexity index is 1260. The molecule has 3 aromatic rings. The molecule has 0 bridgehead atoms. The number of hydrogen-bond acceptors (Lipinski definition) is 5. The zero-order valence-electron chi connectivity index (χ0n) is 23.3. The first-order valence-corrected chi connectivity index (χ1v) is 13.6. The molecule has 42 heavy (non-hydrogen) atoms. The highest BCUT2D eigenvalue weighted by atomic mass is 19.4. The quantitative estimate of drug-likeness (QED) is 0.192. The molecule has 0 aliphatic rings. The van der Waals surface area contributed by atoms with Crippen molar-refractivity contribution in [2.45, 2.75) is 38.7 Å². The van der Waals surface area contributed by atoms with Gasteiger partial charge in [-0.25, -0.2) is 9.59 Å². The van der Waals surface area contributed by atoms with Crippen molar-refractivity contribution >= 4 is 17.7 Å². The molecule has 2 amide bonds. The van der Waals surface area contributed by atoms with Crippen molar-refractivity contribution in [1.82, 2.24) is 4.90 Å². The minimum Gasteiger partial charge on any atom is -0.492 e. The Morgan fingerprint density at radius 3 is 2.26 bits per heavy atom. The lowest BCUT2D eigenvalue weighted by Crippen LogP contribution is -2.39. The van der Waals surface area contributed by atoms with E-state index in [-0.39, 0.29) is 38.4 Å². The highest BCUT2D eigenvalue weighted by molar-refractivity contribution is 5.90. The summed E-state index contributed by atoms with van der Waals surface area (Å²) in [6.45, 7) is 3.17. The van der Waals surface area contributed by atoms with Crippen LogP contribution in [0.3, 0.4) is 0 Å². The van der Waals surface area contributed by atoms with Crippen LogP contribution in [0.2, 0.25) is 0 Å². The van der Waals surface area contributed by atoms with Crippen LogP contribution in [0.25, 0.3) is 0 Å². The van der Waals surface area contributed by atoms with Crippen LogP contribution in [-0.2, 0) is 33.5 Å². The van der Waals surface area contributed by atoms with Gasteiger partial charge in [-0.05, 0) is 48.7 Å². The van der Waals surface area contributed by atoms with Gasteiger partial charge in [0.2, 0.25) is 0 Å². The number of anilines is 1. The summed E-state index contributed by atoms with van der Waals surface area (Å²) in [5, 5.41) is 11.7. The normalized spacial score (nSPS) is 12.0. The second-order valence-corrected chi connectivity index (χ2v) is 9.33. The van der Waals surface area contributed by atoms with E-state index in [1.165, 1.54) is 23.1 Å². The van der Waals surface area contributed by atoms with Gasteiger partial charge in [0.25, 0.3) is 0 Å². The molecule has 0 aliphatic heterocycles. The number of carboxylic acids is 1. The van der Waals surface area contributed by atoms with Gasteiger partial charge in [0.1, 0.15) is 12.4 Å². The molecular formula is C31H35F3N2O6. The molecule has 8 nitrogen and oxygen atoms in total. The summed E-state index contributed by atoms with van der Waals surface area (Å²) >= 11 is 0. The number of rotatable bonds is 16. The number of halogens is 3. The highest BCUT2D eigenvalue weighted by Gasteiger charge is 2.34. The molecule has 226 valence electrons. The van der Waals surface area contributed by atoms with E-state index >= 15 is 0 Å². The fourth-order valence-electron chi connectivity index (χ4n) is 4.10. The van der Waals surface area contributed by atoms with Crippen LogP contribution in [0.15, 0.2) is 78.9 Å². The number of nitrogens with one attached hydrogen (secondary N) is 1. The second-order valence-electron chi connectivity index (χ2n) is 9.33. The first kappa shape index (κ1) is 32.4. The molecule has 0 aliphatic carbocycles. The van der Waals surface area contributed by atoms with E-state index in [0.717, 1.165) is 17.2 Å². The van der Waals surface area contributed by atoms with Crippen molar-refractivity contribution in [1.29, 1.82) is 0 Å². The van der Waals surface area contributed by atoms with Gasteiger partial charge in [-0.15, -0.1) is 0 Å². The molecular weight excluding hydrogens is 553 g/mol. The lowest BCUT2D eigenvalue weighted by molar-refractivity contribution is -0.150. The molecule has 0 radical (unpaired) electrons. The smallest absolute Gasteiger partial charge is 0.418 e.